The van der Waals surface area contributed by atoms with Crippen molar-refractivity contribution in [1.82, 2.24) is 14.5 Å². The van der Waals surface area contributed by atoms with Crippen molar-refractivity contribution in [3.63, 3.8) is 0 Å². The van der Waals surface area contributed by atoms with E-state index < -0.39 is 0 Å². The molecule has 2 heterocycles. The van der Waals surface area contributed by atoms with Crippen molar-refractivity contribution >= 4 is 32.7 Å². The topological polar surface area (TPSA) is 30.7 Å². The van der Waals surface area contributed by atoms with Crippen LogP contribution in [0, 0.1) is 0 Å². The van der Waals surface area contributed by atoms with Crippen molar-refractivity contribution in [3.8, 4) is 39.2 Å². The molecule has 0 amide bonds. The Morgan fingerprint density at radius 2 is 1.21 bits per heavy atom. The van der Waals surface area contributed by atoms with Crippen molar-refractivity contribution in [1.29, 1.82) is 0 Å². The van der Waals surface area contributed by atoms with Crippen LogP contribution in [0.2, 0.25) is 0 Å². The Hall–Kier alpha value is -5.54. The molecule has 3 heteroatoms. The van der Waals surface area contributed by atoms with Gasteiger partial charge in [0, 0.05) is 33.8 Å². The Morgan fingerprint density at radius 1 is 0.512 bits per heavy atom. The highest BCUT2D eigenvalue weighted by molar-refractivity contribution is 6.17. The highest BCUT2D eigenvalue weighted by atomic mass is 15.1. The number of nitrogens with zero attached hydrogens (tertiary/aromatic N) is 3. The molecule has 0 N–H and O–H groups in total. The van der Waals surface area contributed by atoms with E-state index in [-0.39, 0.29) is 0 Å². The van der Waals surface area contributed by atoms with Gasteiger partial charge in [0.1, 0.15) is 5.82 Å². The summed E-state index contributed by atoms with van der Waals surface area (Å²) in [6, 6.07) is 51.6. The predicted molar refractivity (Wildman–Crippen MR) is 180 cm³/mol. The van der Waals surface area contributed by atoms with Crippen LogP contribution in [0.25, 0.3) is 71.9 Å². The van der Waals surface area contributed by atoms with Crippen LogP contribution < -0.4 is 0 Å². The highest BCUT2D eigenvalue weighted by Gasteiger charge is 2.16. The number of aryl methyl sites for hydroxylation is 1. The van der Waals surface area contributed by atoms with E-state index in [9.17, 15) is 0 Å². The lowest BCUT2D eigenvalue weighted by Gasteiger charge is -2.15. The van der Waals surface area contributed by atoms with Crippen LogP contribution in [0.15, 0.2) is 146 Å². The van der Waals surface area contributed by atoms with Gasteiger partial charge in [0.15, 0.2) is 0 Å². The summed E-state index contributed by atoms with van der Waals surface area (Å²) in [6.45, 7) is 2.16. The zero-order chi connectivity index (χ0) is 28.8. The summed E-state index contributed by atoms with van der Waals surface area (Å²) >= 11 is 0. The monoisotopic (exact) mass is 551 g/mol. The van der Waals surface area contributed by atoms with Crippen molar-refractivity contribution < 1.29 is 0 Å². The number of pyridine rings is 1. The summed E-state index contributed by atoms with van der Waals surface area (Å²) in [5.74, 6) is 1.07. The largest absolute Gasteiger partial charge is 0.296 e. The SMILES string of the molecule is CCc1nc2ccccc2n1-c1ccc(-c2ccc3c(c2)nc(-c2ccccc2)c2cccc(-c4ccccc4)c23)cc1. The van der Waals surface area contributed by atoms with Gasteiger partial charge >= 0.3 is 0 Å². The summed E-state index contributed by atoms with van der Waals surface area (Å²) in [5, 5.41) is 3.56. The third-order valence-corrected chi connectivity index (χ3v) is 8.36. The fourth-order valence-corrected chi connectivity index (χ4v) is 6.31. The van der Waals surface area contributed by atoms with E-state index in [0.717, 1.165) is 67.6 Å². The lowest BCUT2D eigenvalue weighted by molar-refractivity contribution is 0.908. The van der Waals surface area contributed by atoms with Crippen LogP contribution in [0.3, 0.4) is 0 Å². The van der Waals surface area contributed by atoms with E-state index in [1.165, 1.54) is 16.5 Å². The highest BCUT2D eigenvalue weighted by Crippen LogP contribution is 2.39. The average molecular weight is 552 g/mol. The first kappa shape index (κ1) is 25.2. The number of hydrogen-bond acceptors (Lipinski definition) is 2. The average Bonchev–Trinajstić information content (AvgIpc) is 3.47. The minimum absolute atomic E-state index is 0.870. The van der Waals surface area contributed by atoms with Gasteiger partial charge in [-0.25, -0.2) is 9.97 Å². The van der Waals surface area contributed by atoms with Gasteiger partial charge in [0.25, 0.3) is 0 Å². The molecule has 0 aliphatic heterocycles. The molecule has 0 bridgehead atoms. The zero-order valence-corrected chi connectivity index (χ0v) is 23.9. The Morgan fingerprint density at radius 3 is 1.98 bits per heavy atom. The molecule has 0 aliphatic carbocycles. The third kappa shape index (κ3) is 4.29. The second-order valence-corrected chi connectivity index (χ2v) is 10.9. The van der Waals surface area contributed by atoms with Crippen molar-refractivity contribution in [2.24, 2.45) is 0 Å². The minimum atomic E-state index is 0.870. The standard InChI is InChI=1S/C40H29N3/c1-2-38-41-35-18-9-10-19-37(35)43(38)31-23-20-27(21-24-31)30-22-25-33-36(26-30)42-40(29-14-7-4-8-15-29)34-17-11-16-32(39(33)34)28-12-5-3-6-13-28/h3-26H,2H2,1H3. The molecule has 43 heavy (non-hydrogen) atoms. The number of hydrogen-bond donors (Lipinski definition) is 0. The van der Waals surface area contributed by atoms with E-state index in [0.29, 0.717) is 0 Å². The second-order valence-electron chi connectivity index (χ2n) is 10.9. The van der Waals surface area contributed by atoms with E-state index >= 15 is 0 Å². The Kier molecular flexibility index (Phi) is 6.08. The molecule has 8 rings (SSSR count). The van der Waals surface area contributed by atoms with E-state index in [2.05, 4.69) is 151 Å². The van der Waals surface area contributed by atoms with E-state index in [1.807, 2.05) is 6.07 Å². The maximum absolute atomic E-state index is 5.30. The number of rotatable bonds is 5. The molecule has 0 saturated carbocycles. The Balaban J connectivity index is 1.30. The molecule has 0 saturated heterocycles. The first-order chi connectivity index (χ1) is 21.3. The first-order valence-corrected chi connectivity index (χ1v) is 14.8. The number of para-hydroxylation sites is 2. The molecule has 0 atom stereocenters. The van der Waals surface area contributed by atoms with Crippen LogP contribution in [-0.4, -0.2) is 14.5 Å². The molecule has 0 unspecified atom stereocenters. The number of aromatic nitrogens is 3. The van der Waals surface area contributed by atoms with Gasteiger partial charge < -0.3 is 0 Å². The molecule has 2 aromatic heterocycles. The summed E-state index contributed by atoms with van der Waals surface area (Å²) in [5.41, 5.74) is 11.1. The van der Waals surface area contributed by atoms with Crippen LogP contribution in [0.4, 0.5) is 0 Å². The number of fused-ring (bicyclic) bond motifs is 4. The maximum Gasteiger partial charge on any atom is 0.114 e. The quantitative estimate of drug-likeness (QED) is 0.199. The van der Waals surface area contributed by atoms with Crippen molar-refractivity contribution in [3.05, 3.63) is 151 Å². The summed E-state index contributed by atoms with van der Waals surface area (Å²) < 4.78 is 2.27. The zero-order valence-electron chi connectivity index (χ0n) is 23.9. The molecular formula is C40H29N3. The lowest BCUT2D eigenvalue weighted by Crippen LogP contribution is -1.99. The fourth-order valence-electron chi connectivity index (χ4n) is 6.31. The van der Waals surface area contributed by atoms with Gasteiger partial charge in [-0.05, 0) is 52.6 Å². The molecule has 8 aromatic rings. The second kappa shape index (κ2) is 10.4. The molecular weight excluding hydrogens is 522 g/mol. The number of benzene rings is 6. The van der Waals surface area contributed by atoms with Gasteiger partial charge in [0.2, 0.25) is 0 Å². The molecule has 0 fully saturated rings. The predicted octanol–water partition coefficient (Wildman–Crippen LogP) is 10.3. The molecule has 0 aliphatic rings. The van der Waals surface area contributed by atoms with Gasteiger partial charge in [-0.2, -0.15) is 0 Å². The van der Waals surface area contributed by atoms with Gasteiger partial charge in [-0.15, -0.1) is 0 Å². The molecule has 0 spiro atoms. The smallest absolute Gasteiger partial charge is 0.114 e. The van der Waals surface area contributed by atoms with Crippen molar-refractivity contribution in [2.45, 2.75) is 13.3 Å². The molecule has 3 nitrogen and oxygen atoms in total. The van der Waals surface area contributed by atoms with Crippen LogP contribution >= 0.6 is 0 Å². The Bertz CT molecular complexity index is 2250. The Labute approximate surface area is 250 Å². The molecule has 204 valence electrons. The van der Waals surface area contributed by atoms with Gasteiger partial charge in [0.05, 0.1) is 22.2 Å². The summed E-state index contributed by atoms with van der Waals surface area (Å²) in [7, 11) is 0. The molecule has 0 radical (unpaired) electrons. The van der Waals surface area contributed by atoms with Crippen molar-refractivity contribution in [2.75, 3.05) is 0 Å². The fraction of sp³-hybridized carbons (Fsp3) is 0.0500. The molecule has 6 aromatic carbocycles. The number of imidazole rings is 1. The lowest BCUT2D eigenvalue weighted by atomic mass is 9.92. The van der Waals surface area contributed by atoms with E-state index in [1.54, 1.807) is 0 Å². The van der Waals surface area contributed by atoms with E-state index in [4.69, 9.17) is 9.97 Å². The van der Waals surface area contributed by atoms with Gasteiger partial charge in [-0.1, -0.05) is 122 Å². The normalized spacial score (nSPS) is 11.5. The maximum atomic E-state index is 5.30. The minimum Gasteiger partial charge on any atom is -0.296 e. The third-order valence-electron chi connectivity index (χ3n) is 8.36. The van der Waals surface area contributed by atoms with Gasteiger partial charge in [-0.3, -0.25) is 4.57 Å². The summed E-state index contributed by atoms with van der Waals surface area (Å²) in [4.78, 5) is 10.2. The van der Waals surface area contributed by atoms with Crippen LogP contribution in [0.5, 0.6) is 0 Å². The summed E-state index contributed by atoms with van der Waals surface area (Å²) in [6.07, 6.45) is 0.870. The van der Waals surface area contributed by atoms with Crippen LogP contribution in [-0.2, 0) is 6.42 Å². The first-order valence-electron chi connectivity index (χ1n) is 14.8. The van der Waals surface area contributed by atoms with Crippen LogP contribution in [0.1, 0.15) is 12.7 Å².